The summed E-state index contributed by atoms with van der Waals surface area (Å²) in [6, 6.07) is 12.5. The highest BCUT2D eigenvalue weighted by molar-refractivity contribution is 6.01. The Hall–Kier alpha value is -3.75. The zero-order valence-corrected chi connectivity index (χ0v) is 19.5. The second-order valence-corrected chi connectivity index (χ2v) is 8.51. The maximum absolute atomic E-state index is 13.2. The van der Waals surface area contributed by atoms with E-state index in [-0.39, 0.29) is 42.6 Å². The van der Waals surface area contributed by atoms with E-state index in [9.17, 15) is 24.5 Å². The van der Waals surface area contributed by atoms with Crippen LogP contribution < -0.4 is 10.2 Å². The number of carbonyl (C=O) groups is 3. The predicted molar refractivity (Wildman–Crippen MR) is 126 cm³/mol. The van der Waals surface area contributed by atoms with Gasteiger partial charge < -0.3 is 15.0 Å². The number of nitro benzene ring substituents is 1. The molecule has 2 atom stereocenters. The fraction of sp³-hybridized carbons (Fsp3) is 0.400. The molecule has 2 aromatic rings. The zero-order chi connectivity index (χ0) is 24.8. The van der Waals surface area contributed by atoms with E-state index in [1.807, 2.05) is 31.2 Å². The lowest BCUT2D eigenvalue weighted by Crippen LogP contribution is -2.37. The Morgan fingerprint density at radius 3 is 2.53 bits per heavy atom. The van der Waals surface area contributed by atoms with Crippen LogP contribution in [0.4, 0.5) is 11.4 Å². The van der Waals surface area contributed by atoms with Crippen molar-refractivity contribution in [3.63, 3.8) is 0 Å². The number of nitrogens with one attached hydrogen (secondary N) is 1. The van der Waals surface area contributed by atoms with Gasteiger partial charge in [-0.25, -0.2) is 0 Å². The molecule has 0 bridgehead atoms. The molecule has 1 fully saturated rings. The molecule has 0 aliphatic carbocycles. The second kappa shape index (κ2) is 10.9. The van der Waals surface area contributed by atoms with Gasteiger partial charge in [0.15, 0.2) is 0 Å². The van der Waals surface area contributed by atoms with Gasteiger partial charge in [-0.05, 0) is 31.9 Å². The average molecular weight is 468 g/mol. The molecule has 2 aromatic carbocycles. The lowest BCUT2D eigenvalue weighted by Gasteiger charge is -2.22. The Balaban J connectivity index is 1.82. The number of anilines is 1. The molecule has 0 spiro atoms. The van der Waals surface area contributed by atoms with Crippen LogP contribution in [0.25, 0.3) is 0 Å². The molecule has 1 N–H and O–H groups in total. The number of hydrogen-bond donors (Lipinski definition) is 1. The number of rotatable bonds is 9. The first-order valence-electron chi connectivity index (χ1n) is 11.3. The van der Waals surface area contributed by atoms with Gasteiger partial charge >= 0.3 is 5.97 Å². The summed E-state index contributed by atoms with van der Waals surface area (Å²) in [6.07, 6.45) is 0.130. The van der Waals surface area contributed by atoms with Crippen LogP contribution in [-0.2, 0) is 25.5 Å². The molecule has 1 heterocycles. The molecule has 0 saturated carbocycles. The van der Waals surface area contributed by atoms with E-state index >= 15 is 0 Å². The monoisotopic (exact) mass is 467 g/mol. The number of ether oxygens (including phenoxy) is 1. The quantitative estimate of drug-likeness (QED) is 0.341. The van der Waals surface area contributed by atoms with E-state index in [0.29, 0.717) is 0 Å². The lowest BCUT2D eigenvalue weighted by molar-refractivity contribution is -0.385. The Kier molecular flexibility index (Phi) is 7.99. The van der Waals surface area contributed by atoms with Gasteiger partial charge in [-0.2, -0.15) is 0 Å². The Bertz CT molecular complexity index is 1080. The Morgan fingerprint density at radius 2 is 1.85 bits per heavy atom. The van der Waals surface area contributed by atoms with Crippen molar-refractivity contribution in [3.8, 4) is 0 Å². The number of hydrogen-bond acceptors (Lipinski definition) is 6. The fourth-order valence-electron chi connectivity index (χ4n) is 4.14. The summed E-state index contributed by atoms with van der Waals surface area (Å²) in [4.78, 5) is 50.9. The van der Waals surface area contributed by atoms with Gasteiger partial charge in [-0.3, -0.25) is 24.5 Å². The first-order valence-corrected chi connectivity index (χ1v) is 11.3. The molecular formula is C25H29N3O6. The molecule has 9 nitrogen and oxygen atoms in total. The maximum atomic E-state index is 13.2. The van der Waals surface area contributed by atoms with Crippen LogP contribution in [0.15, 0.2) is 48.5 Å². The number of aryl methyl sites for hydroxylation is 1. The van der Waals surface area contributed by atoms with E-state index in [2.05, 4.69) is 5.32 Å². The summed E-state index contributed by atoms with van der Waals surface area (Å²) < 4.78 is 5.20. The normalized spacial score (nSPS) is 16.4. The van der Waals surface area contributed by atoms with Crippen LogP contribution in [0.3, 0.4) is 0 Å². The SMILES string of the molecule is CCc1ccccc1N1CC(C(=O)NC(CC(=O)OC(C)C)c2ccccc2[N+](=O)[O-])CC1=O. The van der Waals surface area contributed by atoms with Crippen LogP contribution in [0.2, 0.25) is 0 Å². The third kappa shape index (κ3) is 5.78. The molecule has 1 aliphatic heterocycles. The zero-order valence-electron chi connectivity index (χ0n) is 19.5. The molecule has 2 unspecified atom stereocenters. The van der Waals surface area contributed by atoms with Gasteiger partial charge in [-0.15, -0.1) is 0 Å². The number of amides is 2. The number of carbonyl (C=O) groups excluding carboxylic acids is 3. The van der Waals surface area contributed by atoms with Gasteiger partial charge in [0.05, 0.1) is 35.0 Å². The van der Waals surface area contributed by atoms with Crippen molar-refractivity contribution in [1.82, 2.24) is 5.32 Å². The Labute approximate surface area is 198 Å². The van der Waals surface area contributed by atoms with E-state index < -0.39 is 28.8 Å². The summed E-state index contributed by atoms with van der Waals surface area (Å²) in [6.45, 7) is 5.59. The molecular weight excluding hydrogens is 438 g/mol. The minimum absolute atomic E-state index is 0.0178. The fourth-order valence-corrected chi connectivity index (χ4v) is 4.14. The first kappa shape index (κ1) is 24.9. The molecule has 180 valence electrons. The van der Waals surface area contributed by atoms with Gasteiger partial charge in [0.2, 0.25) is 11.8 Å². The highest BCUT2D eigenvalue weighted by Gasteiger charge is 2.37. The molecule has 0 radical (unpaired) electrons. The maximum Gasteiger partial charge on any atom is 0.308 e. The van der Waals surface area contributed by atoms with E-state index in [1.165, 1.54) is 18.2 Å². The van der Waals surface area contributed by atoms with Crippen LogP contribution in [-0.4, -0.2) is 35.4 Å². The van der Waals surface area contributed by atoms with Crippen LogP contribution in [0.5, 0.6) is 0 Å². The largest absolute Gasteiger partial charge is 0.463 e. The minimum Gasteiger partial charge on any atom is -0.463 e. The standard InChI is InChI=1S/C25H29N3O6/c1-4-17-9-5-7-11-21(17)27-15-18(13-23(27)29)25(31)26-20(14-24(30)34-16(2)3)19-10-6-8-12-22(19)28(32)33/h5-12,16,18,20H,4,13-15H2,1-3H3,(H,26,31). The molecule has 34 heavy (non-hydrogen) atoms. The highest BCUT2D eigenvalue weighted by Crippen LogP contribution is 2.31. The van der Waals surface area contributed by atoms with Gasteiger partial charge in [0, 0.05) is 24.7 Å². The number of nitro groups is 1. The van der Waals surface area contributed by atoms with Gasteiger partial charge in [-0.1, -0.05) is 43.3 Å². The van der Waals surface area contributed by atoms with Crippen molar-refractivity contribution in [3.05, 3.63) is 69.8 Å². The summed E-state index contributed by atoms with van der Waals surface area (Å²) in [5.41, 5.74) is 1.79. The summed E-state index contributed by atoms with van der Waals surface area (Å²) >= 11 is 0. The van der Waals surface area contributed by atoms with Crippen molar-refractivity contribution >= 4 is 29.2 Å². The molecule has 1 aliphatic rings. The first-order chi connectivity index (χ1) is 16.2. The predicted octanol–water partition coefficient (Wildman–Crippen LogP) is 3.71. The number of benzene rings is 2. The third-order valence-corrected chi connectivity index (χ3v) is 5.72. The van der Waals surface area contributed by atoms with Crippen LogP contribution in [0.1, 0.15) is 50.8 Å². The van der Waals surface area contributed by atoms with E-state index in [1.54, 1.807) is 24.8 Å². The minimum atomic E-state index is -0.965. The van der Waals surface area contributed by atoms with E-state index in [4.69, 9.17) is 4.74 Å². The van der Waals surface area contributed by atoms with E-state index in [0.717, 1.165) is 17.7 Å². The topological polar surface area (TPSA) is 119 Å². The summed E-state index contributed by atoms with van der Waals surface area (Å²) in [7, 11) is 0. The molecule has 0 aromatic heterocycles. The van der Waals surface area contributed by atoms with Crippen molar-refractivity contribution < 1.29 is 24.0 Å². The van der Waals surface area contributed by atoms with Gasteiger partial charge in [0.25, 0.3) is 5.69 Å². The second-order valence-electron chi connectivity index (χ2n) is 8.51. The number of esters is 1. The third-order valence-electron chi connectivity index (χ3n) is 5.72. The highest BCUT2D eigenvalue weighted by atomic mass is 16.6. The van der Waals surface area contributed by atoms with Crippen molar-refractivity contribution in [2.75, 3.05) is 11.4 Å². The molecule has 2 amide bonds. The van der Waals surface area contributed by atoms with Crippen LogP contribution in [0, 0.1) is 16.0 Å². The average Bonchev–Trinajstić information content (AvgIpc) is 3.19. The summed E-state index contributed by atoms with van der Waals surface area (Å²) in [5.74, 6) is -1.84. The van der Waals surface area contributed by atoms with Crippen molar-refractivity contribution in [2.45, 2.75) is 52.2 Å². The Morgan fingerprint density at radius 1 is 1.18 bits per heavy atom. The van der Waals surface area contributed by atoms with Crippen LogP contribution >= 0.6 is 0 Å². The number of nitrogens with zero attached hydrogens (tertiary/aromatic N) is 2. The van der Waals surface area contributed by atoms with Crippen molar-refractivity contribution in [1.29, 1.82) is 0 Å². The number of para-hydroxylation sites is 2. The summed E-state index contributed by atoms with van der Waals surface area (Å²) in [5, 5.41) is 14.3. The molecule has 9 heteroatoms. The lowest BCUT2D eigenvalue weighted by atomic mass is 9.99. The van der Waals surface area contributed by atoms with Gasteiger partial charge in [0.1, 0.15) is 0 Å². The smallest absolute Gasteiger partial charge is 0.308 e. The molecule has 3 rings (SSSR count). The van der Waals surface area contributed by atoms with Crippen molar-refractivity contribution in [2.24, 2.45) is 5.92 Å². The molecule has 1 saturated heterocycles.